The van der Waals surface area contributed by atoms with Crippen LogP contribution in [0.3, 0.4) is 0 Å². The van der Waals surface area contributed by atoms with Gasteiger partial charge in [0, 0.05) is 26.1 Å². The minimum atomic E-state index is -0.373. The van der Waals surface area contributed by atoms with Gasteiger partial charge < -0.3 is 10.3 Å². The molecule has 7 heteroatoms. The third-order valence-corrected chi connectivity index (χ3v) is 4.40. The van der Waals surface area contributed by atoms with Crippen molar-refractivity contribution in [1.82, 2.24) is 18.7 Å². The molecule has 2 aromatic rings. The molecular formula is C17H27N5O2. The SMILES string of the molecule is CC(C)=CCn1c(C(C)(C)CCN)nc2c1c(=O)n(C)c(=O)n2C. The molecule has 0 unspecified atom stereocenters. The number of hydrogen-bond acceptors (Lipinski definition) is 4. The number of aryl methyl sites for hydroxylation is 1. The molecular weight excluding hydrogens is 306 g/mol. The highest BCUT2D eigenvalue weighted by Gasteiger charge is 2.29. The van der Waals surface area contributed by atoms with E-state index in [-0.39, 0.29) is 16.7 Å². The van der Waals surface area contributed by atoms with Gasteiger partial charge in [-0.1, -0.05) is 25.5 Å². The minimum absolute atomic E-state index is 0.301. The molecule has 132 valence electrons. The fourth-order valence-corrected chi connectivity index (χ4v) is 2.89. The first-order valence-electron chi connectivity index (χ1n) is 8.12. The number of nitrogens with zero attached hydrogens (tertiary/aromatic N) is 4. The lowest BCUT2D eigenvalue weighted by atomic mass is 9.88. The van der Waals surface area contributed by atoms with Crippen molar-refractivity contribution in [2.75, 3.05) is 6.54 Å². The molecule has 2 aromatic heterocycles. The van der Waals surface area contributed by atoms with E-state index in [1.807, 2.05) is 24.5 Å². The zero-order valence-electron chi connectivity index (χ0n) is 15.4. The summed E-state index contributed by atoms with van der Waals surface area (Å²) in [6.07, 6.45) is 2.78. The Morgan fingerprint density at radius 3 is 2.38 bits per heavy atom. The maximum Gasteiger partial charge on any atom is 0.332 e. The summed E-state index contributed by atoms with van der Waals surface area (Å²) >= 11 is 0. The Morgan fingerprint density at radius 1 is 1.21 bits per heavy atom. The molecule has 24 heavy (non-hydrogen) atoms. The van der Waals surface area contributed by atoms with E-state index in [2.05, 4.69) is 18.8 Å². The molecule has 0 aliphatic rings. The monoisotopic (exact) mass is 333 g/mol. The van der Waals surface area contributed by atoms with Crippen molar-refractivity contribution in [3.8, 4) is 0 Å². The van der Waals surface area contributed by atoms with Gasteiger partial charge in [0.05, 0.1) is 0 Å². The topological polar surface area (TPSA) is 87.8 Å². The molecule has 2 rings (SSSR count). The van der Waals surface area contributed by atoms with Gasteiger partial charge in [-0.25, -0.2) is 9.78 Å². The van der Waals surface area contributed by atoms with Crippen molar-refractivity contribution >= 4 is 11.2 Å². The minimum Gasteiger partial charge on any atom is -0.330 e. The van der Waals surface area contributed by atoms with Crippen LogP contribution in [0.4, 0.5) is 0 Å². The molecule has 0 aromatic carbocycles. The number of hydrogen-bond donors (Lipinski definition) is 1. The molecule has 0 amide bonds. The molecule has 0 spiro atoms. The molecule has 0 saturated carbocycles. The first-order valence-corrected chi connectivity index (χ1v) is 8.12. The van der Waals surface area contributed by atoms with Gasteiger partial charge in [-0.3, -0.25) is 13.9 Å². The number of imidazole rings is 1. The van der Waals surface area contributed by atoms with E-state index in [1.54, 1.807) is 7.05 Å². The summed E-state index contributed by atoms with van der Waals surface area (Å²) in [6.45, 7) is 9.20. The van der Waals surface area contributed by atoms with Gasteiger partial charge in [-0.2, -0.15) is 0 Å². The van der Waals surface area contributed by atoms with E-state index in [4.69, 9.17) is 5.73 Å². The first kappa shape index (κ1) is 18.2. The standard InChI is InChI=1S/C17H27N5O2/c1-11(2)7-10-22-12-13(19-15(22)17(3,4)8-9-18)20(5)16(24)21(6)14(12)23/h7H,8-10,18H2,1-6H3. The summed E-state index contributed by atoms with van der Waals surface area (Å²) in [4.78, 5) is 29.6. The predicted octanol–water partition coefficient (Wildman–Crippen LogP) is 1.03. The summed E-state index contributed by atoms with van der Waals surface area (Å²) < 4.78 is 4.47. The van der Waals surface area contributed by atoms with Crippen LogP contribution in [-0.4, -0.2) is 25.2 Å². The molecule has 0 atom stereocenters. The first-order chi connectivity index (χ1) is 11.1. The fraction of sp³-hybridized carbons (Fsp3) is 0.588. The van der Waals surface area contributed by atoms with Gasteiger partial charge in [-0.05, 0) is 26.8 Å². The lowest BCUT2D eigenvalue weighted by Crippen LogP contribution is -2.37. The van der Waals surface area contributed by atoms with Crippen molar-refractivity contribution in [3.63, 3.8) is 0 Å². The molecule has 0 radical (unpaired) electrons. The Balaban J connectivity index is 2.93. The Labute approximate surface area is 141 Å². The number of allylic oxidation sites excluding steroid dienone is 2. The van der Waals surface area contributed by atoms with Crippen LogP contribution in [0.1, 0.15) is 39.9 Å². The van der Waals surface area contributed by atoms with E-state index >= 15 is 0 Å². The van der Waals surface area contributed by atoms with Gasteiger partial charge in [-0.15, -0.1) is 0 Å². The van der Waals surface area contributed by atoms with Crippen LogP contribution in [0, 0.1) is 0 Å². The highest BCUT2D eigenvalue weighted by atomic mass is 16.2. The summed E-state index contributed by atoms with van der Waals surface area (Å²) in [7, 11) is 3.13. The number of fused-ring (bicyclic) bond motifs is 1. The number of nitrogens with two attached hydrogens (primary N) is 1. The maximum atomic E-state index is 12.7. The smallest absolute Gasteiger partial charge is 0.330 e. The Bertz CT molecular complexity index is 908. The highest BCUT2D eigenvalue weighted by Crippen LogP contribution is 2.28. The zero-order chi connectivity index (χ0) is 18.2. The molecule has 0 saturated heterocycles. The van der Waals surface area contributed by atoms with Crippen LogP contribution in [0.15, 0.2) is 21.2 Å². The van der Waals surface area contributed by atoms with Gasteiger partial charge in [0.15, 0.2) is 11.2 Å². The molecule has 2 N–H and O–H groups in total. The molecule has 0 fully saturated rings. The maximum absolute atomic E-state index is 12.7. The Morgan fingerprint density at radius 2 is 1.83 bits per heavy atom. The summed E-state index contributed by atoms with van der Waals surface area (Å²) in [5.41, 5.74) is 6.79. The second-order valence-electron chi connectivity index (χ2n) is 7.13. The fourth-order valence-electron chi connectivity index (χ4n) is 2.89. The number of rotatable bonds is 5. The summed E-state index contributed by atoms with van der Waals surface area (Å²) in [5, 5.41) is 0. The normalized spacial score (nSPS) is 12.0. The lowest BCUT2D eigenvalue weighted by Gasteiger charge is -2.24. The average Bonchev–Trinajstić information content (AvgIpc) is 2.89. The molecule has 0 aliphatic carbocycles. The van der Waals surface area contributed by atoms with Crippen molar-refractivity contribution in [2.24, 2.45) is 19.8 Å². The largest absolute Gasteiger partial charge is 0.332 e. The quantitative estimate of drug-likeness (QED) is 0.828. The van der Waals surface area contributed by atoms with Crippen molar-refractivity contribution in [2.45, 2.75) is 46.1 Å². The molecule has 0 aliphatic heterocycles. The average molecular weight is 333 g/mol. The van der Waals surface area contributed by atoms with Crippen LogP contribution in [-0.2, 0) is 26.1 Å². The van der Waals surface area contributed by atoms with Crippen LogP contribution in [0.2, 0.25) is 0 Å². The highest BCUT2D eigenvalue weighted by molar-refractivity contribution is 5.71. The lowest BCUT2D eigenvalue weighted by molar-refractivity contribution is 0.440. The Hall–Kier alpha value is -2.15. The van der Waals surface area contributed by atoms with Gasteiger partial charge >= 0.3 is 5.69 Å². The Kier molecular flexibility index (Phi) is 4.85. The van der Waals surface area contributed by atoms with E-state index in [9.17, 15) is 9.59 Å². The van der Waals surface area contributed by atoms with Crippen LogP contribution < -0.4 is 17.0 Å². The molecule has 7 nitrogen and oxygen atoms in total. The summed E-state index contributed by atoms with van der Waals surface area (Å²) in [5.74, 6) is 0.777. The second-order valence-corrected chi connectivity index (χ2v) is 7.13. The number of aromatic nitrogens is 4. The van der Waals surface area contributed by atoms with E-state index < -0.39 is 0 Å². The summed E-state index contributed by atoms with van der Waals surface area (Å²) in [6, 6.07) is 0. The molecule has 0 bridgehead atoms. The third kappa shape index (κ3) is 2.96. The van der Waals surface area contributed by atoms with Crippen LogP contribution in [0.25, 0.3) is 11.2 Å². The van der Waals surface area contributed by atoms with E-state index in [1.165, 1.54) is 11.6 Å². The van der Waals surface area contributed by atoms with Gasteiger partial charge in [0.2, 0.25) is 0 Å². The van der Waals surface area contributed by atoms with Crippen molar-refractivity contribution < 1.29 is 0 Å². The van der Waals surface area contributed by atoms with Crippen LogP contribution >= 0.6 is 0 Å². The van der Waals surface area contributed by atoms with Gasteiger partial charge in [0.1, 0.15) is 5.82 Å². The van der Waals surface area contributed by atoms with Crippen molar-refractivity contribution in [1.29, 1.82) is 0 Å². The van der Waals surface area contributed by atoms with Gasteiger partial charge in [0.25, 0.3) is 5.56 Å². The van der Waals surface area contributed by atoms with Crippen molar-refractivity contribution in [3.05, 3.63) is 38.3 Å². The predicted molar refractivity (Wildman–Crippen MR) is 96.3 cm³/mol. The zero-order valence-corrected chi connectivity index (χ0v) is 15.4. The van der Waals surface area contributed by atoms with E-state index in [0.29, 0.717) is 24.3 Å². The van der Waals surface area contributed by atoms with Crippen LogP contribution in [0.5, 0.6) is 0 Å². The third-order valence-electron chi connectivity index (χ3n) is 4.40. The molecule has 2 heterocycles. The van der Waals surface area contributed by atoms with E-state index in [0.717, 1.165) is 22.4 Å². The second kappa shape index (κ2) is 6.39.